The smallest absolute Gasteiger partial charge is 0.277 e. The summed E-state index contributed by atoms with van der Waals surface area (Å²) in [4.78, 5) is 34.2. The molecule has 0 saturated heterocycles. The number of aliphatic imine (C=N–C) groups is 1. The SMILES string of the molecule is CC(C)C[C@@H](C(=O)C1(N)N=C(c2ccccc2)c2cc(Cl)ccc2N(C)C1=O)[C@H](O)COC1CCCCC1. The largest absolute Gasteiger partial charge is 0.390 e. The van der Waals surface area contributed by atoms with Crippen LogP contribution in [0.2, 0.25) is 5.02 Å². The molecule has 38 heavy (non-hydrogen) atoms. The van der Waals surface area contributed by atoms with Crippen LogP contribution in [0.5, 0.6) is 0 Å². The van der Waals surface area contributed by atoms with Crippen LogP contribution in [0.4, 0.5) is 5.69 Å². The molecule has 2 aromatic rings. The zero-order chi connectivity index (χ0) is 27.4. The van der Waals surface area contributed by atoms with Crippen molar-refractivity contribution in [1.29, 1.82) is 0 Å². The quantitative estimate of drug-likeness (QED) is 0.447. The second-order valence-corrected chi connectivity index (χ2v) is 11.3. The lowest BCUT2D eigenvalue weighted by atomic mass is 9.82. The van der Waals surface area contributed by atoms with Gasteiger partial charge in [-0.05, 0) is 43.4 Å². The van der Waals surface area contributed by atoms with Gasteiger partial charge >= 0.3 is 0 Å². The van der Waals surface area contributed by atoms with Crippen molar-refractivity contribution in [3.8, 4) is 0 Å². The van der Waals surface area contributed by atoms with Crippen LogP contribution in [0.3, 0.4) is 0 Å². The number of aliphatic hydroxyl groups excluding tert-OH is 1. The molecule has 204 valence electrons. The van der Waals surface area contributed by atoms with Crippen molar-refractivity contribution in [3.63, 3.8) is 0 Å². The molecule has 0 spiro atoms. The van der Waals surface area contributed by atoms with Crippen LogP contribution in [0.1, 0.15) is 63.5 Å². The van der Waals surface area contributed by atoms with Gasteiger partial charge in [0.1, 0.15) is 0 Å². The fourth-order valence-electron chi connectivity index (χ4n) is 5.43. The van der Waals surface area contributed by atoms with E-state index in [-0.39, 0.29) is 18.6 Å². The Morgan fingerprint density at radius 2 is 1.87 bits per heavy atom. The summed E-state index contributed by atoms with van der Waals surface area (Å²) in [5.41, 5.74) is 6.72. The number of nitrogens with two attached hydrogens (primary N) is 1. The number of anilines is 1. The number of halogens is 1. The average Bonchev–Trinajstić information content (AvgIpc) is 3.00. The third kappa shape index (κ3) is 6.01. The number of rotatable bonds is 9. The molecule has 0 aromatic heterocycles. The van der Waals surface area contributed by atoms with Gasteiger partial charge in [-0.15, -0.1) is 0 Å². The Bertz CT molecular complexity index is 1180. The summed E-state index contributed by atoms with van der Waals surface area (Å²) >= 11 is 6.34. The highest BCUT2D eigenvalue weighted by Crippen LogP contribution is 2.34. The summed E-state index contributed by atoms with van der Waals surface area (Å²) in [6.07, 6.45) is 4.60. The minimum Gasteiger partial charge on any atom is -0.390 e. The highest BCUT2D eigenvalue weighted by Gasteiger charge is 2.50. The first-order valence-electron chi connectivity index (χ1n) is 13.5. The lowest BCUT2D eigenvalue weighted by Gasteiger charge is -2.33. The summed E-state index contributed by atoms with van der Waals surface area (Å²) in [5.74, 6) is -2.13. The fourth-order valence-corrected chi connectivity index (χ4v) is 5.60. The predicted octanol–water partition coefficient (Wildman–Crippen LogP) is 4.75. The van der Waals surface area contributed by atoms with Crippen molar-refractivity contribution in [2.75, 3.05) is 18.6 Å². The van der Waals surface area contributed by atoms with Gasteiger partial charge in [-0.1, -0.05) is 75.0 Å². The van der Waals surface area contributed by atoms with Gasteiger partial charge in [0, 0.05) is 23.2 Å². The number of carbonyl (C=O) groups is 2. The van der Waals surface area contributed by atoms with E-state index in [2.05, 4.69) is 0 Å². The Morgan fingerprint density at radius 3 is 2.53 bits per heavy atom. The Hall–Kier alpha value is -2.58. The molecule has 1 heterocycles. The monoisotopic (exact) mass is 539 g/mol. The second-order valence-electron chi connectivity index (χ2n) is 10.9. The van der Waals surface area contributed by atoms with Crippen molar-refractivity contribution in [1.82, 2.24) is 0 Å². The van der Waals surface area contributed by atoms with E-state index in [0.29, 0.717) is 34.0 Å². The van der Waals surface area contributed by atoms with E-state index in [9.17, 15) is 14.7 Å². The van der Waals surface area contributed by atoms with Gasteiger partial charge in [-0.2, -0.15) is 0 Å². The third-order valence-corrected chi connectivity index (χ3v) is 7.73. The standard InChI is InChI=1S/C30H38ClN3O4/c1-19(2)16-24(26(35)18-38-22-12-8-5-9-13-22)28(36)30(32)29(37)34(3)25-15-14-21(31)17-23(25)27(33-30)20-10-6-4-7-11-20/h4,6-7,10-11,14-15,17,19,22,24,26,35H,5,8-9,12-13,16,18,32H2,1-3H3/t24-,26-,30?/m1/s1. The molecule has 1 fully saturated rings. The molecule has 2 aliphatic rings. The Balaban J connectivity index is 1.75. The molecule has 4 rings (SSSR count). The molecular formula is C30H38ClN3O4. The molecule has 0 bridgehead atoms. The van der Waals surface area contributed by atoms with Crippen molar-refractivity contribution >= 4 is 34.7 Å². The number of hydrogen-bond donors (Lipinski definition) is 2. The molecule has 2 aromatic carbocycles. The van der Waals surface area contributed by atoms with Crippen LogP contribution in [0.15, 0.2) is 53.5 Å². The molecule has 7 nitrogen and oxygen atoms in total. The molecule has 1 unspecified atom stereocenters. The summed E-state index contributed by atoms with van der Waals surface area (Å²) < 4.78 is 6.02. The summed E-state index contributed by atoms with van der Waals surface area (Å²) in [6.45, 7) is 3.95. The summed E-state index contributed by atoms with van der Waals surface area (Å²) in [5, 5.41) is 11.7. The van der Waals surface area contributed by atoms with E-state index >= 15 is 0 Å². The number of aliphatic hydroxyl groups is 1. The minimum absolute atomic E-state index is 0.0129. The number of nitrogens with zero attached hydrogens (tertiary/aromatic N) is 2. The molecule has 1 amide bonds. The number of fused-ring (bicyclic) bond motifs is 1. The maximum atomic E-state index is 14.2. The number of benzodiazepines with no additional fused rings is 1. The second kappa shape index (κ2) is 12.1. The van der Waals surface area contributed by atoms with Crippen molar-refractivity contribution < 1.29 is 19.4 Å². The van der Waals surface area contributed by atoms with E-state index in [0.717, 1.165) is 25.7 Å². The van der Waals surface area contributed by atoms with Crippen LogP contribution >= 0.6 is 11.6 Å². The number of ether oxygens (including phenoxy) is 1. The van der Waals surface area contributed by atoms with E-state index in [1.807, 2.05) is 44.2 Å². The number of carbonyl (C=O) groups excluding carboxylic acids is 2. The van der Waals surface area contributed by atoms with Gasteiger partial charge in [0.25, 0.3) is 5.91 Å². The highest BCUT2D eigenvalue weighted by molar-refractivity contribution is 6.32. The maximum Gasteiger partial charge on any atom is 0.277 e. The maximum absolute atomic E-state index is 14.2. The first-order valence-corrected chi connectivity index (χ1v) is 13.9. The topological polar surface area (TPSA) is 105 Å². The summed E-state index contributed by atoms with van der Waals surface area (Å²) in [7, 11) is 1.58. The lowest BCUT2D eigenvalue weighted by molar-refractivity contribution is -0.141. The Labute approximate surface area is 230 Å². The fraction of sp³-hybridized carbons (Fsp3) is 0.500. The average molecular weight is 540 g/mol. The zero-order valence-corrected chi connectivity index (χ0v) is 23.2. The van der Waals surface area contributed by atoms with Crippen LogP contribution in [-0.4, -0.2) is 54.0 Å². The van der Waals surface area contributed by atoms with Gasteiger partial charge in [-0.3, -0.25) is 15.3 Å². The molecule has 8 heteroatoms. The van der Waals surface area contributed by atoms with Crippen molar-refractivity contribution in [2.24, 2.45) is 22.6 Å². The van der Waals surface area contributed by atoms with E-state index in [1.165, 1.54) is 11.3 Å². The van der Waals surface area contributed by atoms with E-state index in [1.54, 1.807) is 25.2 Å². The number of benzene rings is 2. The van der Waals surface area contributed by atoms with E-state index < -0.39 is 29.4 Å². The zero-order valence-electron chi connectivity index (χ0n) is 22.4. The van der Waals surface area contributed by atoms with Crippen LogP contribution in [-0.2, 0) is 14.3 Å². The Morgan fingerprint density at radius 1 is 1.18 bits per heavy atom. The van der Waals surface area contributed by atoms with Crippen LogP contribution in [0, 0.1) is 11.8 Å². The Kier molecular flexibility index (Phi) is 9.04. The molecule has 3 N–H and O–H groups in total. The first kappa shape index (κ1) is 28.4. The van der Waals surface area contributed by atoms with Crippen LogP contribution in [0.25, 0.3) is 0 Å². The summed E-state index contributed by atoms with van der Waals surface area (Å²) in [6, 6.07) is 14.4. The van der Waals surface area contributed by atoms with Crippen molar-refractivity contribution in [2.45, 2.75) is 70.2 Å². The number of amides is 1. The van der Waals surface area contributed by atoms with Gasteiger partial charge in [0.05, 0.1) is 36.1 Å². The predicted molar refractivity (Wildman–Crippen MR) is 151 cm³/mol. The minimum atomic E-state index is -2.24. The first-order chi connectivity index (χ1) is 18.1. The van der Waals surface area contributed by atoms with Crippen molar-refractivity contribution in [3.05, 3.63) is 64.7 Å². The van der Waals surface area contributed by atoms with Gasteiger partial charge in [0.2, 0.25) is 5.66 Å². The normalized spacial score (nSPS) is 22.0. The molecule has 1 aliphatic carbocycles. The lowest BCUT2D eigenvalue weighted by Crippen LogP contribution is -2.61. The van der Waals surface area contributed by atoms with Gasteiger partial charge < -0.3 is 14.7 Å². The molecule has 3 atom stereocenters. The van der Waals surface area contributed by atoms with Gasteiger partial charge in [0.15, 0.2) is 5.78 Å². The number of hydrogen-bond acceptors (Lipinski definition) is 6. The van der Waals surface area contributed by atoms with E-state index in [4.69, 9.17) is 27.1 Å². The van der Waals surface area contributed by atoms with Crippen LogP contribution < -0.4 is 10.6 Å². The highest BCUT2D eigenvalue weighted by atomic mass is 35.5. The molecule has 1 saturated carbocycles. The molecule has 1 aliphatic heterocycles. The van der Waals surface area contributed by atoms with Gasteiger partial charge in [-0.25, -0.2) is 4.99 Å². The number of ketones is 1. The number of likely N-dealkylation sites (N-methyl/N-ethyl adjacent to an activating group) is 1. The number of Topliss-reactive ketones (excluding diaryl/α,β-unsaturated/α-hetero) is 1. The third-order valence-electron chi connectivity index (χ3n) is 7.50. The molecule has 0 radical (unpaired) electrons. The molecular weight excluding hydrogens is 502 g/mol.